The molecule has 0 spiro atoms. The fourth-order valence-electron chi connectivity index (χ4n) is 1.99. The Morgan fingerprint density at radius 2 is 2.14 bits per heavy atom. The summed E-state index contributed by atoms with van der Waals surface area (Å²) in [4.78, 5) is 24.5. The van der Waals surface area contributed by atoms with Crippen molar-refractivity contribution in [3.05, 3.63) is 40.7 Å². The van der Waals surface area contributed by atoms with Crippen molar-refractivity contribution in [3.63, 3.8) is 0 Å². The molecule has 112 valence electrons. The standard InChI is InChI=1S/C15H18N2O3S/c1-17-12-6-4-3-5-11(12)13(9-15(17)19)21-10-14(18)16-7-8-20-2/h3-6,9H,7-8,10H2,1-2H3,(H,16,18). The quantitative estimate of drug-likeness (QED) is 0.647. The van der Waals surface area contributed by atoms with E-state index in [2.05, 4.69) is 5.32 Å². The summed E-state index contributed by atoms with van der Waals surface area (Å²) < 4.78 is 6.49. The van der Waals surface area contributed by atoms with Crippen molar-refractivity contribution in [1.29, 1.82) is 0 Å². The third-order valence-electron chi connectivity index (χ3n) is 3.10. The van der Waals surface area contributed by atoms with Crippen molar-refractivity contribution in [2.75, 3.05) is 26.0 Å². The van der Waals surface area contributed by atoms with Gasteiger partial charge in [0, 0.05) is 37.1 Å². The van der Waals surface area contributed by atoms with E-state index in [0.717, 1.165) is 15.8 Å². The summed E-state index contributed by atoms with van der Waals surface area (Å²) in [6.07, 6.45) is 0. The van der Waals surface area contributed by atoms with E-state index in [-0.39, 0.29) is 17.2 Å². The molecule has 0 aliphatic rings. The Kier molecular flexibility index (Phi) is 5.41. The van der Waals surface area contributed by atoms with E-state index >= 15 is 0 Å². The zero-order chi connectivity index (χ0) is 15.2. The Labute approximate surface area is 127 Å². The van der Waals surface area contributed by atoms with E-state index in [1.54, 1.807) is 24.8 Å². The Morgan fingerprint density at radius 3 is 2.90 bits per heavy atom. The first-order chi connectivity index (χ1) is 10.1. The molecule has 0 aliphatic heterocycles. The maximum absolute atomic E-state index is 11.9. The predicted molar refractivity (Wildman–Crippen MR) is 84.8 cm³/mol. The van der Waals surface area contributed by atoms with Crippen LogP contribution in [0.25, 0.3) is 10.9 Å². The van der Waals surface area contributed by atoms with Gasteiger partial charge in [0.05, 0.1) is 17.9 Å². The van der Waals surface area contributed by atoms with Crippen LogP contribution in [0.3, 0.4) is 0 Å². The SMILES string of the molecule is COCCNC(=O)CSc1cc(=O)n(C)c2ccccc12. The molecule has 0 bridgehead atoms. The molecule has 1 heterocycles. The number of benzene rings is 1. The number of amides is 1. The van der Waals surface area contributed by atoms with Crippen LogP contribution in [0.5, 0.6) is 0 Å². The van der Waals surface area contributed by atoms with Crippen molar-refractivity contribution < 1.29 is 9.53 Å². The minimum Gasteiger partial charge on any atom is -0.383 e. The highest BCUT2D eigenvalue weighted by molar-refractivity contribution is 8.00. The van der Waals surface area contributed by atoms with Crippen LogP contribution in [0.15, 0.2) is 40.0 Å². The van der Waals surface area contributed by atoms with Crippen LogP contribution in [0.4, 0.5) is 0 Å². The summed E-state index contributed by atoms with van der Waals surface area (Å²) in [6.45, 7) is 0.985. The fourth-order valence-corrected chi connectivity index (χ4v) is 2.89. The fraction of sp³-hybridized carbons (Fsp3) is 0.333. The lowest BCUT2D eigenvalue weighted by Gasteiger charge is -2.09. The molecule has 0 aliphatic carbocycles. The van der Waals surface area contributed by atoms with Gasteiger partial charge in [0.25, 0.3) is 5.56 Å². The summed E-state index contributed by atoms with van der Waals surface area (Å²) in [5, 5.41) is 3.74. The minimum absolute atomic E-state index is 0.0678. The first-order valence-electron chi connectivity index (χ1n) is 6.60. The van der Waals surface area contributed by atoms with Crippen molar-refractivity contribution in [3.8, 4) is 0 Å². The normalized spacial score (nSPS) is 10.8. The average molecular weight is 306 g/mol. The number of methoxy groups -OCH3 is 1. The van der Waals surface area contributed by atoms with Gasteiger partial charge in [-0.05, 0) is 6.07 Å². The van der Waals surface area contributed by atoms with Gasteiger partial charge in [-0.2, -0.15) is 0 Å². The minimum atomic E-state index is -0.0732. The molecule has 1 aromatic heterocycles. The summed E-state index contributed by atoms with van der Waals surface area (Å²) in [5.41, 5.74) is 0.795. The number of rotatable bonds is 6. The van der Waals surface area contributed by atoms with Crippen LogP contribution in [0.2, 0.25) is 0 Å². The van der Waals surface area contributed by atoms with E-state index < -0.39 is 0 Å². The summed E-state index contributed by atoms with van der Waals surface area (Å²) >= 11 is 1.37. The highest BCUT2D eigenvalue weighted by Crippen LogP contribution is 2.25. The van der Waals surface area contributed by atoms with Gasteiger partial charge < -0.3 is 14.6 Å². The number of nitrogens with one attached hydrogen (secondary N) is 1. The van der Waals surface area contributed by atoms with Crippen molar-refractivity contribution >= 4 is 28.6 Å². The van der Waals surface area contributed by atoms with E-state index in [1.807, 2.05) is 24.3 Å². The second-order valence-electron chi connectivity index (χ2n) is 4.55. The number of carbonyl (C=O) groups excluding carboxylic acids is 1. The van der Waals surface area contributed by atoms with Gasteiger partial charge in [-0.15, -0.1) is 11.8 Å². The number of aromatic nitrogens is 1. The van der Waals surface area contributed by atoms with Crippen LogP contribution < -0.4 is 10.9 Å². The number of fused-ring (bicyclic) bond motifs is 1. The number of para-hydroxylation sites is 1. The molecule has 0 radical (unpaired) electrons. The van der Waals surface area contributed by atoms with E-state index in [9.17, 15) is 9.59 Å². The van der Waals surface area contributed by atoms with Gasteiger partial charge in [-0.25, -0.2) is 0 Å². The lowest BCUT2D eigenvalue weighted by atomic mass is 10.2. The molecule has 2 aromatic rings. The molecule has 0 fully saturated rings. The van der Waals surface area contributed by atoms with Crippen LogP contribution >= 0.6 is 11.8 Å². The summed E-state index contributed by atoms with van der Waals surface area (Å²) in [7, 11) is 3.34. The Hall–Kier alpha value is -1.79. The zero-order valence-electron chi connectivity index (χ0n) is 12.1. The molecule has 1 amide bonds. The topological polar surface area (TPSA) is 60.3 Å². The first kappa shape index (κ1) is 15.6. The molecule has 21 heavy (non-hydrogen) atoms. The highest BCUT2D eigenvalue weighted by atomic mass is 32.2. The zero-order valence-corrected chi connectivity index (χ0v) is 12.9. The van der Waals surface area contributed by atoms with Gasteiger partial charge in [-0.1, -0.05) is 18.2 Å². The first-order valence-corrected chi connectivity index (χ1v) is 7.59. The van der Waals surface area contributed by atoms with Crippen molar-refractivity contribution in [2.24, 2.45) is 7.05 Å². The number of ether oxygens (including phenoxy) is 1. The van der Waals surface area contributed by atoms with E-state index in [4.69, 9.17) is 4.74 Å². The third-order valence-corrected chi connectivity index (χ3v) is 4.16. The molecule has 1 aromatic carbocycles. The second-order valence-corrected chi connectivity index (χ2v) is 5.57. The molecule has 0 saturated heterocycles. The number of hydrogen-bond acceptors (Lipinski definition) is 4. The van der Waals surface area contributed by atoms with Gasteiger partial charge >= 0.3 is 0 Å². The van der Waals surface area contributed by atoms with Crippen LogP contribution in [-0.2, 0) is 16.6 Å². The molecule has 0 atom stereocenters. The average Bonchev–Trinajstić information content (AvgIpc) is 2.50. The molecule has 1 N–H and O–H groups in total. The molecule has 5 nitrogen and oxygen atoms in total. The maximum atomic E-state index is 11.9. The second kappa shape index (κ2) is 7.28. The smallest absolute Gasteiger partial charge is 0.251 e. The summed E-state index contributed by atoms with van der Waals surface area (Å²) in [6, 6.07) is 9.26. The van der Waals surface area contributed by atoms with Crippen LogP contribution in [0.1, 0.15) is 0 Å². The monoisotopic (exact) mass is 306 g/mol. The number of hydrogen-bond donors (Lipinski definition) is 1. The van der Waals surface area contributed by atoms with Gasteiger partial charge in [-0.3, -0.25) is 9.59 Å². The molecule has 0 unspecified atom stereocenters. The van der Waals surface area contributed by atoms with Crippen LogP contribution in [0, 0.1) is 0 Å². The van der Waals surface area contributed by atoms with Crippen LogP contribution in [-0.4, -0.2) is 36.5 Å². The predicted octanol–water partition coefficient (Wildman–Crippen LogP) is 1.39. The largest absolute Gasteiger partial charge is 0.383 e. The summed E-state index contributed by atoms with van der Waals surface area (Å²) in [5.74, 6) is 0.211. The number of aryl methyl sites for hydroxylation is 1. The third kappa shape index (κ3) is 3.86. The highest BCUT2D eigenvalue weighted by Gasteiger charge is 2.08. The maximum Gasteiger partial charge on any atom is 0.251 e. The van der Waals surface area contributed by atoms with Gasteiger partial charge in [0.1, 0.15) is 0 Å². The molecular formula is C15H18N2O3S. The van der Waals surface area contributed by atoms with E-state index in [0.29, 0.717) is 13.2 Å². The number of carbonyl (C=O) groups is 1. The van der Waals surface area contributed by atoms with E-state index in [1.165, 1.54) is 11.8 Å². The Morgan fingerprint density at radius 1 is 1.38 bits per heavy atom. The molecular weight excluding hydrogens is 288 g/mol. The molecule has 6 heteroatoms. The number of pyridine rings is 1. The number of thioether (sulfide) groups is 1. The van der Waals surface area contributed by atoms with Gasteiger partial charge in [0.2, 0.25) is 5.91 Å². The van der Waals surface area contributed by atoms with Crippen molar-refractivity contribution in [2.45, 2.75) is 4.90 Å². The molecule has 2 rings (SSSR count). The van der Waals surface area contributed by atoms with Gasteiger partial charge in [0.15, 0.2) is 0 Å². The Bertz CT molecular complexity index is 697. The Balaban J connectivity index is 2.14. The lowest BCUT2D eigenvalue weighted by Crippen LogP contribution is -2.28. The number of nitrogens with zero attached hydrogens (tertiary/aromatic N) is 1. The molecule has 0 saturated carbocycles. The lowest BCUT2D eigenvalue weighted by molar-refractivity contribution is -0.118. The van der Waals surface area contributed by atoms with Crippen molar-refractivity contribution in [1.82, 2.24) is 9.88 Å².